The number of likely N-dealkylation sites (tertiary alicyclic amines) is 1. The minimum absolute atomic E-state index is 0.105. The number of piperidine rings is 1. The number of benzene rings is 1. The predicted octanol–water partition coefficient (Wildman–Crippen LogP) is -1.27. The molecule has 9 nitrogen and oxygen atoms in total. The maximum atomic E-state index is 12.9. The molecule has 1 aromatic rings. The number of rotatable bonds is 6. The van der Waals surface area contributed by atoms with E-state index in [0.29, 0.717) is 57.9 Å². The average molecular weight is 426 g/mol. The summed E-state index contributed by atoms with van der Waals surface area (Å²) in [6, 6.07) is 4.79. The first-order chi connectivity index (χ1) is 13.8. The lowest BCUT2D eigenvalue weighted by Crippen LogP contribution is -3.14. The van der Waals surface area contributed by atoms with Crippen molar-refractivity contribution in [3.63, 3.8) is 0 Å². The monoisotopic (exact) mass is 425 g/mol. The maximum Gasteiger partial charge on any atom is 0.279 e. The molecule has 2 amide bonds. The molecular formula is C19H29N4O5S+. The van der Waals surface area contributed by atoms with E-state index in [4.69, 9.17) is 10.5 Å². The lowest BCUT2D eigenvalue weighted by molar-refractivity contribution is -0.897. The van der Waals surface area contributed by atoms with Gasteiger partial charge in [-0.2, -0.15) is 4.31 Å². The highest BCUT2D eigenvalue weighted by Crippen LogP contribution is 2.23. The van der Waals surface area contributed by atoms with E-state index in [2.05, 4.69) is 5.32 Å². The zero-order valence-electron chi connectivity index (χ0n) is 16.6. The van der Waals surface area contributed by atoms with Crippen LogP contribution in [-0.2, 0) is 24.3 Å². The number of carbonyl (C=O) groups is 2. The van der Waals surface area contributed by atoms with Crippen molar-refractivity contribution in [2.45, 2.75) is 24.7 Å². The van der Waals surface area contributed by atoms with Gasteiger partial charge in [-0.05, 0) is 24.6 Å². The second-order valence-corrected chi connectivity index (χ2v) is 9.58. The molecule has 0 atom stereocenters. The lowest BCUT2D eigenvalue weighted by Gasteiger charge is -2.27. The Morgan fingerprint density at radius 1 is 1.24 bits per heavy atom. The van der Waals surface area contributed by atoms with Crippen LogP contribution in [-0.4, -0.2) is 70.5 Å². The van der Waals surface area contributed by atoms with Gasteiger partial charge in [0.15, 0.2) is 6.54 Å². The van der Waals surface area contributed by atoms with Crippen LogP contribution in [0, 0.1) is 12.8 Å². The van der Waals surface area contributed by atoms with E-state index >= 15 is 0 Å². The summed E-state index contributed by atoms with van der Waals surface area (Å²) >= 11 is 0. The molecule has 10 heteroatoms. The number of primary amides is 1. The largest absolute Gasteiger partial charge is 0.379 e. The summed E-state index contributed by atoms with van der Waals surface area (Å²) in [7, 11) is -3.63. The number of nitrogens with zero attached hydrogens (tertiary/aromatic N) is 1. The molecule has 2 aliphatic heterocycles. The molecule has 2 heterocycles. The van der Waals surface area contributed by atoms with Gasteiger partial charge in [-0.25, -0.2) is 8.42 Å². The van der Waals surface area contributed by atoms with Crippen molar-refractivity contribution in [1.29, 1.82) is 0 Å². The molecule has 0 radical (unpaired) electrons. The van der Waals surface area contributed by atoms with Crippen molar-refractivity contribution in [2.24, 2.45) is 11.7 Å². The van der Waals surface area contributed by atoms with Gasteiger partial charge in [0.1, 0.15) is 0 Å². The fourth-order valence-corrected chi connectivity index (χ4v) is 5.18. The fraction of sp³-hybridized carbons (Fsp3) is 0.579. The number of morpholine rings is 1. The zero-order valence-corrected chi connectivity index (χ0v) is 17.5. The second kappa shape index (κ2) is 9.21. The van der Waals surface area contributed by atoms with Crippen molar-refractivity contribution < 1.29 is 27.6 Å². The lowest BCUT2D eigenvalue weighted by atomic mass is 9.96. The van der Waals surface area contributed by atoms with Gasteiger partial charge in [0.2, 0.25) is 15.9 Å². The molecular weight excluding hydrogens is 396 g/mol. The van der Waals surface area contributed by atoms with Crippen molar-refractivity contribution in [1.82, 2.24) is 4.31 Å². The molecule has 0 bridgehead atoms. The normalized spacial score (nSPS) is 23.5. The van der Waals surface area contributed by atoms with Crippen LogP contribution in [0.1, 0.15) is 18.4 Å². The van der Waals surface area contributed by atoms with Crippen LogP contribution in [0.15, 0.2) is 23.1 Å². The second-order valence-electron chi connectivity index (χ2n) is 7.64. The Labute approximate surface area is 171 Å². The minimum Gasteiger partial charge on any atom is -0.379 e. The number of aryl methyl sites for hydroxylation is 1. The third-order valence-electron chi connectivity index (χ3n) is 5.60. The molecule has 0 spiro atoms. The van der Waals surface area contributed by atoms with E-state index in [-0.39, 0.29) is 29.2 Å². The summed E-state index contributed by atoms with van der Waals surface area (Å²) in [5.74, 6) is -0.560. The van der Waals surface area contributed by atoms with Crippen molar-refractivity contribution in [2.75, 3.05) is 51.3 Å². The fourth-order valence-electron chi connectivity index (χ4n) is 3.74. The van der Waals surface area contributed by atoms with Crippen LogP contribution in [0.5, 0.6) is 0 Å². The van der Waals surface area contributed by atoms with Crippen molar-refractivity contribution in [3.8, 4) is 0 Å². The Balaban J connectivity index is 1.64. The summed E-state index contributed by atoms with van der Waals surface area (Å²) in [4.78, 5) is 25.0. The Hall–Kier alpha value is -2.01. The zero-order chi connectivity index (χ0) is 21.0. The van der Waals surface area contributed by atoms with Gasteiger partial charge in [-0.3, -0.25) is 9.59 Å². The van der Waals surface area contributed by atoms with Crippen LogP contribution in [0.4, 0.5) is 5.69 Å². The Morgan fingerprint density at radius 2 is 1.90 bits per heavy atom. The molecule has 1 aromatic carbocycles. The van der Waals surface area contributed by atoms with Crippen LogP contribution in [0.25, 0.3) is 0 Å². The van der Waals surface area contributed by atoms with Crippen molar-refractivity contribution in [3.05, 3.63) is 23.8 Å². The first kappa shape index (κ1) is 21.7. The Kier molecular flexibility index (Phi) is 6.89. The number of hydrogen-bond acceptors (Lipinski definition) is 5. The third-order valence-corrected chi connectivity index (χ3v) is 7.49. The number of nitrogens with one attached hydrogen (secondary N) is 2. The smallest absolute Gasteiger partial charge is 0.279 e. The third kappa shape index (κ3) is 5.33. The number of ether oxygens (including phenoxy) is 1. The molecule has 2 fully saturated rings. The Morgan fingerprint density at radius 3 is 2.52 bits per heavy atom. The van der Waals surface area contributed by atoms with E-state index in [0.717, 1.165) is 10.5 Å². The van der Waals surface area contributed by atoms with Crippen LogP contribution in [0.3, 0.4) is 0 Å². The van der Waals surface area contributed by atoms with Crippen molar-refractivity contribution >= 4 is 27.5 Å². The molecule has 0 saturated carbocycles. The van der Waals surface area contributed by atoms with E-state index in [1.807, 2.05) is 6.92 Å². The van der Waals surface area contributed by atoms with Crippen LogP contribution in [0.2, 0.25) is 0 Å². The van der Waals surface area contributed by atoms with Gasteiger partial charge in [0.05, 0.1) is 31.2 Å². The number of sulfonamides is 1. The number of nitrogens with two attached hydrogens (primary N) is 1. The number of anilines is 1. The van der Waals surface area contributed by atoms with Gasteiger partial charge < -0.3 is 20.7 Å². The summed E-state index contributed by atoms with van der Waals surface area (Å²) in [6.07, 6.45) is 1.37. The number of carbonyl (C=O) groups excluding carboxylic acids is 2. The molecule has 0 aliphatic carbocycles. The van der Waals surface area contributed by atoms with Gasteiger partial charge in [0, 0.05) is 37.5 Å². The summed E-state index contributed by atoms with van der Waals surface area (Å²) in [5.41, 5.74) is 6.64. The minimum atomic E-state index is -3.63. The summed E-state index contributed by atoms with van der Waals surface area (Å²) < 4.78 is 32.3. The number of amides is 2. The molecule has 0 aromatic heterocycles. The Bertz CT molecular complexity index is 859. The molecule has 160 valence electrons. The predicted molar refractivity (Wildman–Crippen MR) is 107 cm³/mol. The average Bonchev–Trinajstić information content (AvgIpc) is 2.70. The van der Waals surface area contributed by atoms with Gasteiger partial charge in [-0.1, -0.05) is 6.07 Å². The summed E-state index contributed by atoms with van der Waals surface area (Å²) in [6.45, 7) is 4.92. The molecule has 3 rings (SSSR count). The highest BCUT2D eigenvalue weighted by Gasteiger charge is 2.28. The van der Waals surface area contributed by atoms with Gasteiger partial charge in [0.25, 0.3) is 5.91 Å². The maximum absolute atomic E-state index is 12.9. The van der Waals surface area contributed by atoms with E-state index in [1.54, 1.807) is 12.1 Å². The SMILES string of the molecule is Cc1ccc(S(=O)(=O)N2CCOCC2)cc1NC(=O)C[NH+]1CCC(C(N)=O)CC1. The highest BCUT2D eigenvalue weighted by molar-refractivity contribution is 7.89. The quantitative estimate of drug-likeness (QED) is 0.525. The number of hydrogen-bond donors (Lipinski definition) is 3. The first-order valence-corrected chi connectivity index (χ1v) is 11.3. The van der Waals surface area contributed by atoms with E-state index in [1.165, 1.54) is 10.4 Å². The van der Waals surface area contributed by atoms with E-state index < -0.39 is 10.0 Å². The summed E-state index contributed by atoms with van der Waals surface area (Å²) in [5, 5.41) is 2.85. The molecule has 4 N–H and O–H groups in total. The molecule has 29 heavy (non-hydrogen) atoms. The van der Waals surface area contributed by atoms with Crippen LogP contribution < -0.4 is 16.0 Å². The number of quaternary nitrogens is 1. The first-order valence-electron chi connectivity index (χ1n) is 9.88. The molecule has 2 saturated heterocycles. The van der Waals surface area contributed by atoms with Gasteiger partial charge in [-0.15, -0.1) is 0 Å². The molecule has 0 unspecified atom stereocenters. The topological polar surface area (TPSA) is 123 Å². The van der Waals surface area contributed by atoms with E-state index in [9.17, 15) is 18.0 Å². The van der Waals surface area contributed by atoms with Gasteiger partial charge >= 0.3 is 0 Å². The highest BCUT2D eigenvalue weighted by atomic mass is 32.2. The van der Waals surface area contributed by atoms with Crippen LogP contribution >= 0.6 is 0 Å². The molecule has 2 aliphatic rings. The standard InChI is InChI=1S/C19H28N4O5S/c1-14-2-3-16(29(26,27)23-8-10-28-11-9-23)12-17(14)21-18(24)13-22-6-4-15(5-7-22)19(20)25/h2-3,12,15H,4-11,13H2,1H3,(H2,20,25)(H,21,24)/p+1.